The normalized spacial score (nSPS) is 11.3. The van der Waals surface area contributed by atoms with E-state index >= 15 is 0 Å². The maximum Gasteiger partial charge on any atom is 0.306 e. The molecule has 1 aromatic carbocycles. The van der Waals surface area contributed by atoms with Crippen LogP contribution in [0.3, 0.4) is 0 Å². The topological polar surface area (TPSA) is 60.4 Å². The van der Waals surface area contributed by atoms with E-state index < -0.39 is 15.8 Å². The molecule has 1 aromatic rings. The van der Waals surface area contributed by atoms with Crippen LogP contribution < -0.4 is 0 Å². The summed E-state index contributed by atoms with van der Waals surface area (Å²) in [7, 11) is -2.03. The molecule has 0 spiro atoms. The van der Waals surface area contributed by atoms with Gasteiger partial charge in [-0.15, -0.1) is 0 Å². The molecule has 0 heterocycles. The Morgan fingerprint density at radius 3 is 2.22 bits per heavy atom. The van der Waals surface area contributed by atoms with Crippen LogP contribution >= 0.6 is 0 Å². The summed E-state index contributed by atoms with van der Waals surface area (Å²) in [5, 5.41) is 0. The van der Waals surface area contributed by atoms with E-state index in [1.165, 1.54) is 7.11 Å². The van der Waals surface area contributed by atoms with Crippen molar-refractivity contribution >= 4 is 15.8 Å². The molecule has 0 saturated heterocycles. The van der Waals surface area contributed by atoms with Crippen LogP contribution in [0.15, 0.2) is 18.2 Å². The second kappa shape index (κ2) is 6.00. The second-order valence-corrected chi connectivity index (χ2v) is 6.60. The van der Waals surface area contributed by atoms with Crippen LogP contribution in [0.5, 0.6) is 0 Å². The van der Waals surface area contributed by atoms with E-state index in [4.69, 9.17) is 0 Å². The second-order valence-electron chi connectivity index (χ2n) is 4.41. The number of rotatable bonds is 5. The Kier molecular flexibility index (Phi) is 4.90. The van der Waals surface area contributed by atoms with Crippen molar-refractivity contribution < 1.29 is 17.9 Å². The highest BCUT2D eigenvalue weighted by atomic mass is 32.2. The molecule has 0 N–H and O–H groups in total. The van der Waals surface area contributed by atoms with E-state index in [0.717, 1.165) is 16.7 Å². The molecule has 5 heteroatoms. The molecule has 0 bridgehead atoms. The van der Waals surface area contributed by atoms with Crippen molar-refractivity contribution in [1.82, 2.24) is 0 Å². The molecular weight excluding hydrogens is 252 g/mol. The molecule has 4 nitrogen and oxygen atoms in total. The highest BCUT2D eigenvalue weighted by Gasteiger charge is 2.15. The van der Waals surface area contributed by atoms with Crippen molar-refractivity contribution in [2.45, 2.75) is 26.0 Å². The highest BCUT2D eigenvalue weighted by Crippen LogP contribution is 2.13. The summed E-state index contributed by atoms with van der Waals surface area (Å²) >= 11 is 0. The fraction of sp³-hybridized carbons (Fsp3) is 0.462. The Morgan fingerprint density at radius 2 is 1.72 bits per heavy atom. The first-order valence-electron chi connectivity index (χ1n) is 5.67. The van der Waals surface area contributed by atoms with E-state index in [9.17, 15) is 13.2 Å². The number of carbonyl (C=O) groups is 1. The molecular formula is C13H18O4S. The van der Waals surface area contributed by atoms with Crippen molar-refractivity contribution in [3.63, 3.8) is 0 Å². The Morgan fingerprint density at radius 1 is 1.17 bits per heavy atom. The van der Waals surface area contributed by atoms with Crippen LogP contribution in [0.4, 0.5) is 0 Å². The van der Waals surface area contributed by atoms with Crippen LogP contribution in [-0.4, -0.2) is 27.2 Å². The molecule has 1 rings (SSSR count). The summed E-state index contributed by atoms with van der Waals surface area (Å²) in [5.41, 5.74) is 2.83. The molecule has 0 atom stereocenters. The number of aryl methyl sites for hydroxylation is 2. The fourth-order valence-electron chi connectivity index (χ4n) is 1.82. The lowest BCUT2D eigenvalue weighted by molar-refractivity contribution is -0.140. The number of carbonyl (C=O) groups excluding carboxylic acids is 1. The van der Waals surface area contributed by atoms with Gasteiger partial charge in [0.1, 0.15) is 0 Å². The number of hydrogen-bond donors (Lipinski definition) is 0. The first-order valence-corrected chi connectivity index (χ1v) is 7.49. The van der Waals surface area contributed by atoms with Gasteiger partial charge in [0, 0.05) is 0 Å². The van der Waals surface area contributed by atoms with Crippen molar-refractivity contribution in [3.8, 4) is 0 Å². The monoisotopic (exact) mass is 270 g/mol. The number of esters is 1. The Bertz CT molecular complexity index is 512. The van der Waals surface area contributed by atoms with Crippen molar-refractivity contribution in [2.75, 3.05) is 12.9 Å². The smallest absolute Gasteiger partial charge is 0.306 e. The van der Waals surface area contributed by atoms with E-state index in [1.54, 1.807) is 0 Å². The minimum absolute atomic E-state index is 0.0352. The van der Waals surface area contributed by atoms with Gasteiger partial charge in [-0.1, -0.05) is 29.3 Å². The summed E-state index contributed by atoms with van der Waals surface area (Å²) in [4.78, 5) is 10.9. The van der Waals surface area contributed by atoms with Crippen LogP contribution in [0.25, 0.3) is 0 Å². The molecule has 0 saturated carbocycles. The van der Waals surface area contributed by atoms with E-state index in [2.05, 4.69) is 4.74 Å². The number of hydrogen-bond acceptors (Lipinski definition) is 4. The number of sulfone groups is 1. The first-order chi connectivity index (χ1) is 8.32. The largest absolute Gasteiger partial charge is 0.469 e. The molecule has 18 heavy (non-hydrogen) atoms. The highest BCUT2D eigenvalue weighted by molar-refractivity contribution is 7.90. The zero-order chi connectivity index (χ0) is 13.8. The van der Waals surface area contributed by atoms with Gasteiger partial charge in [-0.05, 0) is 19.4 Å². The maximum absolute atomic E-state index is 11.8. The third kappa shape index (κ3) is 4.87. The average molecular weight is 270 g/mol. The number of methoxy groups -OCH3 is 1. The maximum atomic E-state index is 11.8. The molecule has 0 aromatic heterocycles. The van der Waals surface area contributed by atoms with Crippen LogP contribution in [-0.2, 0) is 25.1 Å². The predicted molar refractivity (Wildman–Crippen MR) is 70.0 cm³/mol. The zero-order valence-electron chi connectivity index (χ0n) is 10.9. The zero-order valence-corrected chi connectivity index (χ0v) is 11.7. The van der Waals surface area contributed by atoms with Crippen LogP contribution in [0.2, 0.25) is 0 Å². The third-order valence-corrected chi connectivity index (χ3v) is 4.11. The van der Waals surface area contributed by atoms with Crippen molar-refractivity contribution in [3.05, 3.63) is 34.9 Å². The molecule has 0 radical (unpaired) electrons. The third-order valence-electron chi connectivity index (χ3n) is 2.51. The summed E-state index contributed by atoms with van der Waals surface area (Å²) in [6.07, 6.45) is -0.0936. The Balaban J connectivity index is 2.73. The van der Waals surface area contributed by atoms with E-state index in [1.807, 2.05) is 32.0 Å². The van der Waals surface area contributed by atoms with Gasteiger partial charge in [0.15, 0.2) is 9.84 Å². The van der Waals surface area contributed by atoms with Gasteiger partial charge < -0.3 is 4.74 Å². The molecule has 0 aliphatic heterocycles. The standard InChI is InChI=1S/C13H18O4S/c1-10-6-11(2)8-12(7-10)9-18(15,16)5-4-13(14)17-3/h6-8H,4-5,9H2,1-3H3. The quantitative estimate of drug-likeness (QED) is 0.765. The number of ether oxygens (including phenoxy) is 1. The summed E-state index contributed by atoms with van der Waals surface area (Å²) in [6, 6.07) is 5.69. The molecule has 0 amide bonds. The summed E-state index contributed by atoms with van der Waals surface area (Å²) in [5.74, 6) is -0.710. The molecule has 0 aliphatic rings. The molecule has 100 valence electrons. The minimum atomic E-state index is -3.27. The van der Waals surface area contributed by atoms with Gasteiger partial charge in [0.2, 0.25) is 0 Å². The van der Waals surface area contributed by atoms with Crippen LogP contribution in [0.1, 0.15) is 23.1 Å². The Hall–Kier alpha value is -1.36. The number of benzene rings is 1. The van der Waals surface area contributed by atoms with Gasteiger partial charge in [-0.3, -0.25) is 4.79 Å². The molecule has 0 aliphatic carbocycles. The van der Waals surface area contributed by atoms with Gasteiger partial charge in [-0.2, -0.15) is 0 Å². The predicted octanol–water partition coefficient (Wildman–Crippen LogP) is 1.78. The van der Waals surface area contributed by atoms with Gasteiger partial charge in [-0.25, -0.2) is 8.42 Å². The summed E-state index contributed by atoms with van der Waals surface area (Å²) in [6.45, 7) is 3.86. The van der Waals surface area contributed by atoms with Gasteiger partial charge >= 0.3 is 5.97 Å². The lowest BCUT2D eigenvalue weighted by Gasteiger charge is -2.06. The SMILES string of the molecule is COC(=O)CCS(=O)(=O)Cc1cc(C)cc(C)c1. The van der Waals surface area contributed by atoms with E-state index in [0.29, 0.717) is 0 Å². The average Bonchev–Trinajstić information content (AvgIpc) is 2.23. The summed E-state index contributed by atoms with van der Waals surface area (Å²) < 4.78 is 28.1. The van der Waals surface area contributed by atoms with Gasteiger partial charge in [0.05, 0.1) is 25.0 Å². The Labute approximate surface area is 108 Å². The van der Waals surface area contributed by atoms with Crippen LogP contribution in [0, 0.1) is 13.8 Å². The first kappa shape index (κ1) is 14.7. The van der Waals surface area contributed by atoms with E-state index in [-0.39, 0.29) is 17.9 Å². The molecule has 0 unspecified atom stereocenters. The fourth-order valence-corrected chi connectivity index (χ4v) is 3.12. The minimum Gasteiger partial charge on any atom is -0.469 e. The van der Waals surface area contributed by atoms with Crippen molar-refractivity contribution in [1.29, 1.82) is 0 Å². The lowest BCUT2D eigenvalue weighted by Crippen LogP contribution is -2.14. The lowest BCUT2D eigenvalue weighted by atomic mass is 10.1. The van der Waals surface area contributed by atoms with Crippen molar-refractivity contribution in [2.24, 2.45) is 0 Å². The molecule has 0 fully saturated rings. The van der Waals surface area contributed by atoms with Gasteiger partial charge in [0.25, 0.3) is 0 Å².